The first-order valence-electron chi connectivity index (χ1n) is 7.18. The fourth-order valence-corrected chi connectivity index (χ4v) is 2.61. The van der Waals surface area contributed by atoms with Crippen molar-refractivity contribution in [2.24, 2.45) is 0 Å². The van der Waals surface area contributed by atoms with E-state index in [1.54, 1.807) is 38.1 Å². The van der Waals surface area contributed by atoms with Gasteiger partial charge >= 0.3 is 5.97 Å². The van der Waals surface area contributed by atoms with Gasteiger partial charge in [0, 0.05) is 5.56 Å². The van der Waals surface area contributed by atoms with Crippen LogP contribution in [-0.4, -0.2) is 28.2 Å². The van der Waals surface area contributed by atoms with Crippen molar-refractivity contribution in [1.82, 2.24) is 5.16 Å². The summed E-state index contributed by atoms with van der Waals surface area (Å²) in [6.45, 7) is 3.84. The van der Waals surface area contributed by atoms with Gasteiger partial charge in [-0.1, -0.05) is 17.3 Å². The highest BCUT2D eigenvalue weighted by Crippen LogP contribution is 2.36. The van der Waals surface area contributed by atoms with Crippen LogP contribution in [0, 0.1) is 13.8 Å². The number of fused-ring (bicyclic) bond motifs is 1. The molecular weight excluding hydrogens is 300 g/mol. The molecule has 0 saturated heterocycles. The highest BCUT2D eigenvalue weighted by atomic mass is 16.5. The first-order valence-corrected chi connectivity index (χ1v) is 7.18. The number of carboxylic acids is 1. The van der Waals surface area contributed by atoms with Gasteiger partial charge in [-0.15, -0.1) is 0 Å². The Balaban J connectivity index is 1.99. The summed E-state index contributed by atoms with van der Waals surface area (Å²) in [5.41, 5.74) is 2.12. The Kier molecular flexibility index (Phi) is 3.77. The molecule has 7 nitrogen and oxygen atoms in total. The number of ether oxygens (including phenoxy) is 1. The average molecular weight is 316 g/mol. The minimum Gasteiger partial charge on any atom is -0.481 e. The van der Waals surface area contributed by atoms with Gasteiger partial charge in [-0.25, -0.2) is 0 Å². The lowest BCUT2D eigenvalue weighted by atomic mass is 10.1. The van der Waals surface area contributed by atoms with E-state index in [1.165, 1.54) is 4.90 Å². The molecule has 1 N–H and O–H groups in total. The topological polar surface area (TPSA) is 92.9 Å². The van der Waals surface area contributed by atoms with Gasteiger partial charge in [0.1, 0.15) is 11.5 Å². The Bertz CT molecular complexity index is 748. The van der Waals surface area contributed by atoms with Crippen molar-refractivity contribution in [3.8, 4) is 5.75 Å². The number of aromatic nitrogens is 1. The third-order valence-corrected chi connectivity index (χ3v) is 3.82. The summed E-state index contributed by atoms with van der Waals surface area (Å²) in [5, 5.41) is 12.9. The molecule has 0 aliphatic carbocycles. The van der Waals surface area contributed by atoms with E-state index in [0.29, 0.717) is 22.9 Å². The molecule has 0 bridgehead atoms. The molecule has 0 saturated carbocycles. The van der Waals surface area contributed by atoms with E-state index in [-0.39, 0.29) is 18.9 Å². The fraction of sp³-hybridized carbons (Fsp3) is 0.312. The second-order valence-electron chi connectivity index (χ2n) is 5.40. The van der Waals surface area contributed by atoms with Crippen LogP contribution in [0.3, 0.4) is 0 Å². The van der Waals surface area contributed by atoms with E-state index in [4.69, 9.17) is 14.4 Å². The van der Waals surface area contributed by atoms with Crippen LogP contribution in [0.1, 0.15) is 23.4 Å². The summed E-state index contributed by atoms with van der Waals surface area (Å²) in [5.74, 6) is -0.342. The predicted molar refractivity (Wildman–Crippen MR) is 80.3 cm³/mol. The smallest absolute Gasteiger partial charge is 0.307 e. The Morgan fingerprint density at radius 3 is 2.74 bits per heavy atom. The lowest BCUT2D eigenvalue weighted by Crippen LogP contribution is -2.46. The highest BCUT2D eigenvalue weighted by Gasteiger charge is 2.36. The third-order valence-electron chi connectivity index (χ3n) is 3.82. The summed E-state index contributed by atoms with van der Waals surface area (Å²) in [6.07, 6.45) is -1.42. The number of nitrogens with zero attached hydrogens (tertiary/aromatic N) is 2. The zero-order valence-corrected chi connectivity index (χ0v) is 12.8. The molecule has 2 aromatic rings. The number of hydrogen-bond acceptors (Lipinski definition) is 5. The Morgan fingerprint density at radius 1 is 1.35 bits per heavy atom. The summed E-state index contributed by atoms with van der Waals surface area (Å²) in [4.78, 5) is 25.2. The zero-order chi connectivity index (χ0) is 16.6. The van der Waals surface area contributed by atoms with Gasteiger partial charge in [-0.2, -0.15) is 0 Å². The van der Waals surface area contributed by atoms with E-state index in [2.05, 4.69) is 5.16 Å². The number of amides is 1. The average Bonchev–Trinajstić information content (AvgIpc) is 2.82. The third kappa shape index (κ3) is 2.77. The van der Waals surface area contributed by atoms with Crippen LogP contribution >= 0.6 is 0 Å². The lowest BCUT2D eigenvalue weighted by molar-refractivity contribution is -0.142. The molecule has 120 valence electrons. The van der Waals surface area contributed by atoms with Gasteiger partial charge in [0.25, 0.3) is 5.91 Å². The number of anilines is 1. The lowest BCUT2D eigenvalue weighted by Gasteiger charge is -2.33. The summed E-state index contributed by atoms with van der Waals surface area (Å²) in [7, 11) is 0. The Labute approximate surface area is 132 Å². The highest BCUT2D eigenvalue weighted by molar-refractivity contribution is 6.01. The minimum atomic E-state index is -1.08. The zero-order valence-electron chi connectivity index (χ0n) is 12.8. The van der Waals surface area contributed by atoms with Crippen LogP contribution in [0.25, 0.3) is 0 Å². The van der Waals surface area contributed by atoms with E-state index < -0.39 is 12.1 Å². The Morgan fingerprint density at radius 2 is 2.09 bits per heavy atom. The van der Waals surface area contributed by atoms with E-state index >= 15 is 0 Å². The number of hydrogen-bond donors (Lipinski definition) is 1. The first kappa shape index (κ1) is 15.1. The van der Waals surface area contributed by atoms with Crippen molar-refractivity contribution in [1.29, 1.82) is 0 Å². The second kappa shape index (κ2) is 5.75. The normalized spacial score (nSPS) is 16.9. The molecule has 3 rings (SSSR count). The van der Waals surface area contributed by atoms with Gasteiger partial charge in [-0.05, 0) is 26.0 Å². The maximum Gasteiger partial charge on any atom is 0.307 e. The van der Waals surface area contributed by atoms with Crippen LogP contribution in [0.15, 0.2) is 28.8 Å². The number of carbonyl (C=O) groups is 2. The molecule has 1 aromatic carbocycles. The molecule has 0 spiro atoms. The van der Waals surface area contributed by atoms with Crippen molar-refractivity contribution >= 4 is 17.6 Å². The fourth-order valence-electron chi connectivity index (χ4n) is 2.61. The van der Waals surface area contributed by atoms with E-state index in [9.17, 15) is 9.59 Å². The molecule has 0 fully saturated rings. The molecule has 1 unspecified atom stereocenters. The van der Waals surface area contributed by atoms with Crippen LogP contribution in [0.5, 0.6) is 5.75 Å². The monoisotopic (exact) mass is 316 g/mol. The van der Waals surface area contributed by atoms with Gasteiger partial charge < -0.3 is 19.3 Å². The summed E-state index contributed by atoms with van der Waals surface area (Å²) < 4.78 is 10.7. The summed E-state index contributed by atoms with van der Waals surface area (Å²) >= 11 is 0. The number of benzene rings is 1. The van der Waals surface area contributed by atoms with E-state index in [0.717, 1.165) is 5.56 Å². The van der Waals surface area contributed by atoms with E-state index in [1.807, 2.05) is 0 Å². The predicted octanol–water partition coefficient (Wildman–Crippen LogP) is 2.06. The van der Waals surface area contributed by atoms with Crippen molar-refractivity contribution in [3.63, 3.8) is 0 Å². The molecule has 0 radical (unpaired) electrons. The SMILES string of the molecule is Cc1noc(C)c1CN1C(=O)C(CC(=O)O)Oc2ccccc21. The van der Waals surface area contributed by atoms with Gasteiger partial charge in [0.15, 0.2) is 6.10 Å². The van der Waals surface area contributed by atoms with Crippen molar-refractivity contribution in [3.05, 3.63) is 41.3 Å². The molecule has 7 heteroatoms. The molecule has 2 heterocycles. The van der Waals surface area contributed by atoms with Crippen LogP contribution in [0.4, 0.5) is 5.69 Å². The quantitative estimate of drug-likeness (QED) is 0.928. The van der Waals surface area contributed by atoms with Crippen molar-refractivity contribution < 1.29 is 24.0 Å². The van der Waals surface area contributed by atoms with Gasteiger partial charge in [-0.3, -0.25) is 9.59 Å². The van der Waals surface area contributed by atoms with Crippen molar-refractivity contribution in [2.45, 2.75) is 32.9 Å². The number of carboxylic acid groups (broad SMARTS) is 1. The standard InChI is InChI=1S/C16H16N2O5/c1-9-11(10(2)23-17-9)8-18-12-5-3-4-6-13(12)22-14(16(18)21)7-15(19)20/h3-6,14H,7-8H2,1-2H3,(H,19,20). The molecule has 23 heavy (non-hydrogen) atoms. The van der Waals surface area contributed by atoms with Crippen LogP contribution < -0.4 is 9.64 Å². The first-order chi connectivity index (χ1) is 11.0. The summed E-state index contributed by atoms with van der Waals surface area (Å²) in [6, 6.07) is 7.06. The molecule has 1 amide bonds. The maximum absolute atomic E-state index is 12.7. The second-order valence-corrected chi connectivity index (χ2v) is 5.40. The van der Waals surface area contributed by atoms with Crippen molar-refractivity contribution in [2.75, 3.05) is 4.90 Å². The van der Waals surface area contributed by atoms with Gasteiger partial charge in [0.2, 0.25) is 0 Å². The Hall–Kier alpha value is -2.83. The number of aliphatic carboxylic acids is 1. The molecule has 1 atom stereocenters. The molecule has 1 aliphatic rings. The van der Waals surface area contributed by atoms with Crippen LogP contribution in [0.2, 0.25) is 0 Å². The number of rotatable bonds is 4. The number of para-hydroxylation sites is 2. The largest absolute Gasteiger partial charge is 0.481 e. The molecule has 1 aromatic heterocycles. The molecule has 1 aliphatic heterocycles. The van der Waals surface area contributed by atoms with Crippen LogP contribution in [-0.2, 0) is 16.1 Å². The number of carbonyl (C=O) groups excluding carboxylic acids is 1. The maximum atomic E-state index is 12.7. The number of aryl methyl sites for hydroxylation is 2. The van der Waals surface area contributed by atoms with Gasteiger partial charge in [0.05, 0.1) is 24.3 Å². The molecular formula is C16H16N2O5. The minimum absolute atomic E-state index is 0.260.